The first-order chi connectivity index (χ1) is 12.0. The zero-order valence-corrected chi connectivity index (χ0v) is 15.6. The summed E-state index contributed by atoms with van der Waals surface area (Å²) in [6.07, 6.45) is 1.01. The Labute approximate surface area is 152 Å². The molecule has 0 radical (unpaired) electrons. The van der Waals surface area contributed by atoms with Crippen molar-refractivity contribution in [2.45, 2.75) is 31.2 Å². The number of rotatable bonds is 8. The van der Waals surface area contributed by atoms with Crippen molar-refractivity contribution < 1.29 is 18.3 Å². The molecule has 1 heterocycles. The van der Waals surface area contributed by atoms with Gasteiger partial charge < -0.3 is 10.1 Å². The van der Waals surface area contributed by atoms with Gasteiger partial charge in [0.15, 0.2) is 11.6 Å². The molecule has 0 aromatic heterocycles. The quantitative estimate of drug-likeness (QED) is 0.713. The lowest BCUT2D eigenvalue weighted by atomic mass is 10.0. The maximum atomic E-state index is 13.2. The smallest absolute Gasteiger partial charge is 0.230 e. The van der Waals surface area contributed by atoms with Crippen molar-refractivity contribution in [3.05, 3.63) is 29.8 Å². The van der Waals surface area contributed by atoms with E-state index in [2.05, 4.69) is 24.1 Å². The summed E-state index contributed by atoms with van der Waals surface area (Å²) in [6.45, 7) is 8.18. The van der Waals surface area contributed by atoms with Gasteiger partial charge in [0.2, 0.25) is 5.91 Å². The van der Waals surface area contributed by atoms with Crippen molar-refractivity contribution in [3.63, 3.8) is 0 Å². The summed E-state index contributed by atoms with van der Waals surface area (Å²) in [5.74, 6) is -1.15. The topological polar surface area (TPSA) is 41.6 Å². The van der Waals surface area contributed by atoms with Crippen LogP contribution in [0.4, 0.5) is 8.78 Å². The van der Waals surface area contributed by atoms with E-state index >= 15 is 0 Å². The number of thioether (sulfide) groups is 1. The number of halogens is 2. The number of benzene rings is 1. The number of carbonyl (C=O) groups is 1. The van der Waals surface area contributed by atoms with Gasteiger partial charge in [-0.15, -0.1) is 11.8 Å². The molecule has 1 unspecified atom stereocenters. The fourth-order valence-electron chi connectivity index (χ4n) is 2.85. The van der Waals surface area contributed by atoms with E-state index in [4.69, 9.17) is 4.74 Å². The number of hydrogen-bond donors (Lipinski definition) is 1. The van der Waals surface area contributed by atoms with Gasteiger partial charge in [-0.25, -0.2) is 8.78 Å². The van der Waals surface area contributed by atoms with Gasteiger partial charge in [-0.1, -0.05) is 13.8 Å². The Hall–Kier alpha value is -1.18. The number of ether oxygens (including phenoxy) is 1. The summed E-state index contributed by atoms with van der Waals surface area (Å²) in [5.41, 5.74) is 0. The third kappa shape index (κ3) is 6.92. The van der Waals surface area contributed by atoms with Gasteiger partial charge in [-0.2, -0.15) is 0 Å². The maximum absolute atomic E-state index is 13.2. The van der Waals surface area contributed by atoms with E-state index < -0.39 is 11.6 Å². The van der Waals surface area contributed by atoms with E-state index in [1.165, 1.54) is 17.8 Å². The number of nitrogens with one attached hydrogen (secondary N) is 1. The highest BCUT2D eigenvalue weighted by atomic mass is 32.2. The predicted molar refractivity (Wildman–Crippen MR) is 95.7 cm³/mol. The van der Waals surface area contributed by atoms with Crippen LogP contribution in [-0.4, -0.2) is 55.4 Å². The van der Waals surface area contributed by atoms with Gasteiger partial charge in [0.05, 0.1) is 19.0 Å². The molecular formula is C18H26F2N2O2S. The Balaban J connectivity index is 1.79. The first kappa shape index (κ1) is 20.1. The summed E-state index contributed by atoms with van der Waals surface area (Å²) in [7, 11) is 0. The number of amides is 1. The Bertz CT molecular complexity index is 566. The van der Waals surface area contributed by atoms with Crippen LogP contribution in [0.25, 0.3) is 0 Å². The number of nitrogens with zero attached hydrogens (tertiary/aromatic N) is 1. The van der Waals surface area contributed by atoms with Crippen molar-refractivity contribution >= 4 is 17.7 Å². The highest BCUT2D eigenvalue weighted by molar-refractivity contribution is 8.00. The van der Waals surface area contributed by atoms with Gasteiger partial charge in [0.25, 0.3) is 0 Å². The molecule has 140 valence electrons. The zero-order valence-electron chi connectivity index (χ0n) is 14.8. The first-order valence-corrected chi connectivity index (χ1v) is 9.60. The van der Waals surface area contributed by atoms with E-state index in [0.717, 1.165) is 44.9 Å². The maximum Gasteiger partial charge on any atom is 0.230 e. The van der Waals surface area contributed by atoms with Crippen LogP contribution in [-0.2, 0) is 9.53 Å². The molecule has 1 saturated heterocycles. The molecule has 0 aliphatic carbocycles. The molecule has 1 aromatic rings. The molecule has 1 atom stereocenters. The van der Waals surface area contributed by atoms with Crippen molar-refractivity contribution in [1.29, 1.82) is 0 Å². The van der Waals surface area contributed by atoms with Crippen molar-refractivity contribution in [2.24, 2.45) is 5.92 Å². The SMILES string of the molecule is CC(C)CC(CNC(=O)CSc1ccc(F)c(F)c1)N1CCOCC1. The van der Waals surface area contributed by atoms with Crippen LogP contribution in [0.2, 0.25) is 0 Å². The highest BCUT2D eigenvalue weighted by Crippen LogP contribution is 2.20. The number of morpholine rings is 1. The van der Waals surface area contributed by atoms with Crippen LogP contribution in [0.5, 0.6) is 0 Å². The van der Waals surface area contributed by atoms with Crippen LogP contribution in [0.15, 0.2) is 23.1 Å². The lowest BCUT2D eigenvalue weighted by molar-refractivity contribution is -0.118. The Morgan fingerprint density at radius 1 is 1.28 bits per heavy atom. The molecule has 2 rings (SSSR count). The fourth-order valence-corrected chi connectivity index (χ4v) is 3.60. The largest absolute Gasteiger partial charge is 0.379 e. The third-order valence-corrected chi connectivity index (χ3v) is 5.10. The second kappa shape index (κ2) is 10.1. The highest BCUT2D eigenvalue weighted by Gasteiger charge is 2.22. The van der Waals surface area contributed by atoms with Gasteiger partial charge >= 0.3 is 0 Å². The molecule has 1 aromatic carbocycles. The van der Waals surface area contributed by atoms with Crippen LogP contribution < -0.4 is 5.32 Å². The van der Waals surface area contributed by atoms with Crippen LogP contribution in [0.1, 0.15) is 20.3 Å². The summed E-state index contributed by atoms with van der Waals surface area (Å²) >= 11 is 1.20. The van der Waals surface area contributed by atoms with Crippen LogP contribution >= 0.6 is 11.8 Å². The van der Waals surface area contributed by atoms with Gasteiger partial charge in [-0.05, 0) is 30.5 Å². The molecule has 1 aliphatic rings. The summed E-state index contributed by atoms with van der Waals surface area (Å²) < 4.78 is 31.5. The minimum atomic E-state index is -0.894. The molecule has 1 amide bonds. The molecule has 1 aliphatic heterocycles. The van der Waals surface area contributed by atoms with E-state index in [1.807, 2.05) is 0 Å². The molecule has 0 saturated carbocycles. The number of carbonyl (C=O) groups excluding carboxylic acids is 1. The van der Waals surface area contributed by atoms with Gasteiger partial charge in [0, 0.05) is 30.6 Å². The molecule has 4 nitrogen and oxygen atoms in total. The van der Waals surface area contributed by atoms with Gasteiger partial charge in [-0.3, -0.25) is 9.69 Å². The van der Waals surface area contributed by atoms with E-state index in [0.29, 0.717) is 23.4 Å². The Kier molecular flexibility index (Phi) is 8.12. The van der Waals surface area contributed by atoms with Crippen LogP contribution in [0.3, 0.4) is 0 Å². The Morgan fingerprint density at radius 3 is 2.64 bits per heavy atom. The van der Waals surface area contributed by atoms with E-state index in [9.17, 15) is 13.6 Å². The number of hydrogen-bond acceptors (Lipinski definition) is 4. The first-order valence-electron chi connectivity index (χ1n) is 8.62. The average molecular weight is 372 g/mol. The summed E-state index contributed by atoms with van der Waals surface area (Å²) in [6, 6.07) is 3.96. The molecular weight excluding hydrogens is 346 g/mol. The van der Waals surface area contributed by atoms with Gasteiger partial charge in [0.1, 0.15) is 0 Å². The lowest BCUT2D eigenvalue weighted by Crippen LogP contribution is -2.49. The zero-order chi connectivity index (χ0) is 18.2. The molecule has 0 spiro atoms. The van der Waals surface area contributed by atoms with Crippen molar-refractivity contribution in [3.8, 4) is 0 Å². The van der Waals surface area contributed by atoms with E-state index in [1.54, 1.807) is 0 Å². The van der Waals surface area contributed by atoms with Crippen molar-refractivity contribution in [2.75, 3.05) is 38.6 Å². The standard InChI is InChI=1S/C18H26F2N2O2S/c1-13(2)9-14(22-5-7-24-8-6-22)11-21-18(23)12-25-15-3-4-16(19)17(20)10-15/h3-4,10,13-14H,5-9,11-12H2,1-2H3,(H,21,23). The normalized spacial score (nSPS) is 16.8. The molecule has 1 N–H and O–H groups in total. The van der Waals surface area contributed by atoms with Crippen molar-refractivity contribution in [1.82, 2.24) is 10.2 Å². The second-order valence-electron chi connectivity index (χ2n) is 6.60. The molecule has 7 heteroatoms. The predicted octanol–water partition coefficient (Wildman–Crippen LogP) is 2.92. The second-order valence-corrected chi connectivity index (χ2v) is 7.65. The average Bonchev–Trinajstić information content (AvgIpc) is 2.60. The minimum absolute atomic E-state index is 0.100. The summed E-state index contributed by atoms with van der Waals surface area (Å²) in [5, 5.41) is 2.97. The summed E-state index contributed by atoms with van der Waals surface area (Å²) in [4.78, 5) is 15.0. The lowest BCUT2D eigenvalue weighted by Gasteiger charge is -2.35. The molecule has 25 heavy (non-hydrogen) atoms. The van der Waals surface area contributed by atoms with E-state index in [-0.39, 0.29) is 11.7 Å². The molecule has 0 bridgehead atoms. The fraction of sp³-hybridized carbons (Fsp3) is 0.611. The van der Waals surface area contributed by atoms with Crippen LogP contribution in [0, 0.1) is 17.6 Å². The molecule has 1 fully saturated rings. The third-order valence-electron chi connectivity index (χ3n) is 4.10. The minimum Gasteiger partial charge on any atom is -0.379 e. The Morgan fingerprint density at radius 2 is 2.00 bits per heavy atom. The monoisotopic (exact) mass is 372 g/mol.